The summed E-state index contributed by atoms with van der Waals surface area (Å²) >= 11 is 2.85. The van der Waals surface area contributed by atoms with Gasteiger partial charge in [0.2, 0.25) is 0 Å². The van der Waals surface area contributed by atoms with Crippen LogP contribution in [0.4, 0.5) is 13.2 Å². The lowest BCUT2D eigenvalue weighted by atomic mass is 10.1. The molecule has 0 bridgehead atoms. The van der Waals surface area contributed by atoms with Gasteiger partial charge in [-0.25, -0.2) is 4.21 Å². The second-order valence-electron chi connectivity index (χ2n) is 4.83. The lowest BCUT2D eigenvalue weighted by Crippen LogP contribution is -2.19. The Labute approximate surface area is 120 Å². The van der Waals surface area contributed by atoms with Crippen molar-refractivity contribution in [2.24, 2.45) is 4.40 Å². The summed E-state index contributed by atoms with van der Waals surface area (Å²) in [6.07, 6.45) is -3.24. The van der Waals surface area contributed by atoms with Crippen LogP contribution in [0.3, 0.4) is 0 Å². The molecule has 0 saturated carbocycles. The second kappa shape index (κ2) is 5.75. The van der Waals surface area contributed by atoms with Crippen LogP contribution in [0.1, 0.15) is 31.9 Å². The zero-order valence-electron chi connectivity index (χ0n) is 10.6. The molecule has 2 nitrogen and oxygen atoms in total. The van der Waals surface area contributed by atoms with Crippen molar-refractivity contribution >= 4 is 33.1 Å². The smallest absolute Gasteiger partial charge is 0.234 e. The SMILES string of the molecule is CC(C)(C)[S@](=O)N=Cc1ccc(Br)c(C(F)(F)F)c1. The highest BCUT2D eigenvalue weighted by molar-refractivity contribution is 9.10. The Balaban J connectivity index is 3.05. The van der Waals surface area contributed by atoms with Crippen LogP contribution < -0.4 is 0 Å². The van der Waals surface area contributed by atoms with Gasteiger partial charge < -0.3 is 0 Å². The molecule has 7 heteroatoms. The van der Waals surface area contributed by atoms with Crippen LogP contribution in [-0.4, -0.2) is 15.2 Å². The Morgan fingerprint density at radius 1 is 1.26 bits per heavy atom. The molecule has 106 valence electrons. The molecule has 19 heavy (non-hydrogen) atoms. The summed E-state index contributed by atoms with van der Waals surface area (Å²) in [5.41, 5.74) is -0.522. The molecule has 0 radical (unpaired) electrons. The van der Waals surface area contributed by atoms with Crippen LogP contribution in [0.15, 0.2) is 27.1 Å². The number of hydrogen-bond donors (Lipinski definition) is 0. The molecule has 0 saturated heterocycles. The maximum atomic E-state index is 12.7. The molecule has 0 N–H and O–H groups in total. The van der Waals surface area contributed by atoms with Gasteiger partial charge in [-0.15, -0.1) is 0 Å². The van der Waals surface area contributed by atoms with E-state index in [1.807, 2.05) is 0 Å². The number of hydrogen-bond acceptors (Lipinski definition) is 1. The monoisotopic (exact) mass is 355 g/mol. The van der Waals surface area contributed by atoms with Crippen LogP contribution in [0.2, 0.25) is 0 Å². The first-order chi connectivity index (χ1) is 8.51. The Hall–Kier alpha value is -0.690. The molecule has 0 amide bonds. The third kappa shape index (κ3) is 4.72. The lowest BCUT2D eigenvalue weighted by molar-refractivity contribution is -0.138. The van der Waals surface area contributed by atoms with Gasteiger partial charge in [0.05, 0.1) is 10.3 Å². The third-order valence-electron chi connectivity index (χ3n) is 2.12. The molecule has 0 aromatic heterocycles. The van der Waals surface area contributed by atoms with Crippen molar-refractivity contribution in [1.29, 1.82) is 0 Å². The second-order valence-corrected chi connectivity index (χ2v) is 7.62. The predicted octanol–water partition coefficient (Wildman–Crippen LogP) is 4.35. The van der Waals surface area contributed by atoms with Gasteiger partial charge in [-0.1, -0.05) is 22.0 Å². The maximum Gasteiger partial charge on any atom is 0.417 e. The van der Waals surface area contributed by atoms with E-state index in [-0.39, 0.29) is 10.0 Å². The van der Waals surface area contributed by atoms with Crippen molar-refractivity contribution in [2.45, 2.75) is 31.7 Å². The molecular formula is C12H13BrF3NOS. The van der Waals surface area contributed by atoms with Crippen molar-refractivity contribution in [3.05, 3.63) is 33.8 Å². The largest absolute Gasteiger partial charge is 0.417 e. The third-order valence-corrected chi connectivity index (χ3v) is 4.15. The number of nitrogens with zero attached hydrogens (tertiary/aromatic N) is 1. The van der Waals surface area contributed by atoms with Gasteiger partial charge >= 0.3 is 6.18 Å². The van der Waals surface area contributed by atoms with Crippen LogP contribution in [-0.2, 0) is 17.2 Å². The van der Waals surface area contributed by atoms with E-state index in [4.69, 9.17) is 0 Å². The van der Waals surface area contributed by atoms with Crippen molar-refractivity contribution in [2.75, 3.05) is 0 Å². The molecule has 0 heterocycles. The Morgan fingerprint density at radius 3 is 2.32 bits per heavy atom. The van der Waals surface area contributed by atoms with Crippen LogP contribution in [0.25, 0.3) is 0 Å². The number of alkyl halides is 3. The summed E-state index contributed by atoms with van der Waals surface area (Å²) in [5, 5.41) is 0. The predicted molar refractivity (Wildman–Crippen MR) is 74.6 cm³/mol. The summed E-state index contributed by atoms with van der Waals surface area (Å²) in [7, 11) is -1.49. The minimum absolute atomic E-state index is 0.0332. The van der Waals surface area contributed by atoms with Crippen molar-refractivity contribution in [3.8, 4) is 0 Å². The molecule has 0 spiro atoms. The van der Waals surface area contributed by atoms with Crippen LogP contribution >= 0.6 is 15.9 Å². The quantitative estimate of drug-likeness (QED) is 0.725. The van der Waals surface area contributed by atoms with E-state index >= 15 is 0 Å². The average Bonchev–Trinajstić information content (AvgIpc) is 2.24. The Bertz CT molecular complexity index is 521. The molecular weight excluding hydrogens is 343 g/mol. The maximum absolute atomic E-state index is 12.7. The molecule has 0 unspecified atom stereocenters. The fraction of sp³-hybridized carbons (Fsp3) is 0.417. The van der Waals surface area contributed by atoms with Gasteiger partial charge in [0.1, 0.15) is 11.0 Å². The fourth-order valence-corrected chi connectivity index (χ4v) is 2.11. The number of halogens is 4. The van der Waals surface area contributed by atoms with Gasteiger partial charge in [0.15, 0.2) is 0 Å². The number of benzene rings is 1. The molecule has 1 rings (SSSR count). The zero-order chi connectivity index (χ0) is 14.8. The molecule has 1 atom stereocenters. The van der Waals surface area contributed by atoms with Crippen molar-refractivity contribution in [1.82, 2.24) is 0 Å². The molecule has 0 aliphatic rings. The van der Waals surface area contributed by atoms with Gasteiger partial charge in [-0.2, -0.15) is 17.6 Å². The minimum Gasteiger partial charge on any atom is -0.234 e. The minimum atomic E-state index is -4.44. The Kier molecular flexibility index (Phi) is 4.95. The van der Waals surface area contributed by atoms with E-state index in [1.54, 1.807) is 20.8 Å². The van der Waals surface area contributed by atoms with Crippen molar-refractivity contribution < 1.29 is 17.4 Å². The summed E-state index contributed by atoms with van der Waals surface area (Å²) in [6, 6.07) is 3.74. The van der Waals surface area contributed by atoms with E-state index in [9.17, 15) is 17.4 Å². The van der Waals surface area contributed by atoms with Gasteiger partial charge in [0, 0.05) is 10.7 Å². The summed E-state index contributed by atoms with van der Waals surface area (Å²) in [6.45, 7) is 5.22. The highest BCUT2D eigenvalue weighted by Crippen LogP contribution is 2.35. The summed E-state index contributed by atoms with van der Waals surface area (Å²) < 4.78 is 52.9. The Morgan fingerprint density at radius 2 is 1.84 bits per heavy atom. The van der Waals surface area contributed by atoms with E-state index in [2.05, 4.69) is 20.3 Å². The highest BCUT2D eigenvalue weighted by Gasteiger charge is 2.33. The molecule has 1 aromatic rings. The topological polar surface area (TPSA) is 29.4 Å². The van der Waals surface area contributed by atoms with Crippen LogP contribution in [0.5, 0.6) is 0 Å². The first-order valence-corrected chi connectivity index (χ1v) is 7.24. The normalized spacial score (nSPS) is 14.9. The molecule has 0 aliphatic carbocycles. The molecule has 0 aliphatic heterocycles. The average molecular weight is 356 g/mol. The standard InChI is InChI=1S/C12H13BrF3NOS/c1-11(2,3)19(18)17-7-8-4-5-10(13)9(6-8)12(14,15)16/h4-7H,1-3H3/t19-/m0/s1. The lowest BCUT2D eigenvalue weighted by Gasteiger charge is -2.13. The molecule has 1 aromatic carbocycles. The summed E-state index contributed by atoms with van der Waals surface area (Å²) in [5.74, 6) is 0. The fourth-order valence-electron chi connectivity index (χ4n) is 1.11. The first kappa shape index (κ1) is 16.4. The van der Waals surface area contributed by atoms with E-state index in [1.165, 1.54) is 18.3 Å². The first-order valence-electron chi connectivity index (χ1n) is 5.34. The van der Waals surface area contributed by atoms with E-state index in [0.29, 0.717) is 0 Å². The van der Waals surface area contributed by atoms with Gasteiger partial charge in [0.25, 0.3) is 0 Å². The van der Waals surface area contributed by atoms with Crippen molar-refractivity contribution in [3.63, 3.8) is 0 Å². The zero-order valence-corrected chi connectivity index (χ0v) is 13.0. The summed E-state index contributed by atoms with van der Waals surface area (Å²) in [4.78, 5) is 0. The number of rotatable bonds is 2. The van der Waals surface area contributed by atoms with Gasteiger partial charge in [-0.05, 0) is 38.5 Å². The van der Waals surface area contributed by atoms with E-state index < -0.39 is 27.5 Å². The van der Waals surface area contributed by atoms with Crippen LogP contribution in [0, 0.1) is 0 Å². The van der Waals surface area contributed by atoms with Gasteiger partial charge in [-0.3, -0.25) is 0 Å². The van der Waals surface area contributed by atoms with E-state index in [0.717, 1.165) is 6.07 Å². The highest BCUT2D eigenvalue weighted by atomic mass is 79.9. The molecule has 0 fully saturated rings.